The van der Waals surface area contributed by atoms with Crippen LogP contribution >= 0.6 is 11.8 Å². The van der Waals surface area contributed by atoms with E-state index in [4.69, 9.17) is 10.7 Å². The second-order valence-electron chi connectivity index (χ2n) is 7.23. The number of amides is 2. The standard InChI is InChI=1S/C23H18FN5O2S/c1-2-29(22(25)31)13-4-3-5-14(11-13)32-23-27-19-15-7-6-12(24)10-17(15)18-16(20(19)28-23)8-9-26-21(18)30/h3-11H,2H2,1H3,(H2,25,31)(H,26,30)(H,27,28). The van der Waals surface area contributed by atoms with E-state index >= 15 is 0 Å². The molecule has 2 aromatic heterocycles. The first kappa shape index (κ1) is 20.1. The number of nitrogens with zero attached hydrogens (tertiary/aromatic N) is 2. The Morgan fingerprint density at radius 2 is 2.00 bits per heavy atom. The maximum absolute atomic E-state index is 14.0. The van der Waals surface area contributed by atoms with Crippen molar-refractivity contribution in [1.82, 2.24) is 15.0 Å². The molecule has 3 aromatic carbocycles. The van der Waals surface area contributed by atoms with Crippen LogP contribution in [0.1, 0.15) is 6.92 Å². The number of aromatic nitrogens is 3. The van der Waals surface area contributed by atoms with Crippen molar-refractivity contribution in [2.75, 3.05) is 11.4 Å². The van der Waals surface area contributed by atoms with Gasteiger partial charge in [-0.25, -0.2) is 14.2 Å². The van der Waals surface area contributed by atoms with Gasteiger partial charge < -0.3 is 15.7 Å². The van der Waals surface area contributed by atoms with Gasteiger partial charge in [-0.05, 0) is 49.4 Å². The van der Waals surface area contributed by atoms with Gasteiger partial charge in [0.1, 0.15) is 5.82 Å². The fraction of sp³-hybridized carbons (Fsp3) is 0.0870. The highest BCUT2D eigenvalue weighted by Gasteiger charge is 2.17. The third kappa shape index (κ3) is 3.27. The third-order valence-electron chi connectivity index (χ3n) is 5.34. The average molecular weight is 447 g/mol. The first-order valence-corrected chi connectivity index (χ1v) is 10.7. The molecule has 0 saturated heterocycles. The van der Waals surface area contributed by atoms with E-state index in [1.54, 1.807) is 18.3 Å². The van der Waals surface area contributed by atoms with Crippen molar-refractivity contribution in [3.05, 3.63) is 70.9 Å². The van der Waals surface area contributed by atoms with Crippen molar-refractivity contribution in [3.63, 3.8) is 0 Å². The van der Waals surface area contributed by atoms with Gasteiger partial charge in [-0.2, -0.15) is 0 Å². The predicted molar refractivity (Wildman–Crippen MR) is 125 cm³/mol. The van der Waals surface area contributed by atoms with Gasteiger partial charge in [0, 0.05) is 39.5 Å². The molecule has 32 heavy (non-hydrogen) atoms. The molecule has 2 amide bonds. The number of carbonyl (C=O) groups is 1. The zero-order chi connectivity index (χ0) is 22.4. The number of nitrogens with one attached hydrogen (secondary N) is 2. The Morgan fingerprint density at radius 1 is 1.16 bits per heavy atom. The monoisotopic (exact) mass is 447 g/mol. The maximum atomic E-state index is 14.0. The molecule has 2 heterocycles. The summed E-state index contributed by atoms with van der Waals surface area (Å²) in [6.07, 6.45) is 1.56. The summed E-state index contributed by atoms with van der Waals surface area (Å²) in [5.41, 5.74) is 7.23. The molecule has 0 fully saturated rings. The van der Waals surface area contributed by atoms with Crippen molar-refractivity contribution in [1.29, 1.82) is 0 Å². The van der Waals surface area contributed by atoms with Crippen LogP contribution in [0.3, 0.4) is 0 Å². The molecule has 5 aromatic rings. The van der Waals surface area contributed by atoms with Gasteiger partial charge >= 0.3 is 6.03 Å². The van der Waals surface area contributed by atoms with Crippen molar-refractivity contribution < 1.29 is 9.18 Å². The van der Waals surface area contributed by atoms with Gasteiger partial charge in [-0.15, -0.1) is 0 Å². The van der Waals surface area contributed by atoms with Crippen LogP contribution in [-0.2, 0) is 0 Å². The Kier molecular flexibility index (Phi) is 4.82. The molecule has 0 unspecified atom stereocenters. The Morgan fingerprint density at radius 3 is 2.78 bits per heavy atom. The molecule has 4 N–H and O–H groups in total. The minimum atomic E-state index is -0.520. The third-order valence-corrected chi connectivity index (χ3v) is 6.22. The number of H-pyrrole nitrogens is 2. The largest absolute Gasteiger partial charge is 0.351 e. The fourth-order valence-electron chi connectivity index (χ4n) is 3.97. The lowest BCUT2D eigenvalue weighted by Crippen LogP contribution is -2.35. The summed E-state index contributed by atoms with van der Waals surface area (Å²) in [6, 6.07) is 13.1. The number of fused-ring (bicyclic) bond motifs is 6. The number of hydrogen-bond donors (Lipinski definition) is 3. The SMILES string of the molecule is CCN(C(N)=O)c1cccc(Sc2nc3c4cc[nH]c(=O)c4c4cc(F)ccc4c3[nH]2)c1. The summed E-state index contributed by atoms with van der Waals surface area (Å²) in [5.74, 6) is -0.415. The molecule has 0 saturated carbocycles. The Bertz CT molecular complexity index is 1580. The summed E-state index contributed by atoms with van der Waals surface area (Å²) in [4.78, 5) is 37.3. The van der Waals surface area contributed by atoms with Gasteiger partial charge in [0.15, 0.2) is 5.16 Å². The fourth-order valence-corrected chi connectivity index (χ4v) is 4.81. The first-order chi connectivity index (χ1) is 15.5. The lowest BCUT2D eigenvalue weighted by Gasteiger charge is -2.18. The Hall–Kier alpha value is -3.85. The van der Waals surface area contributed by atoms with E-state index < -0.39 is 11.8 Å². The first-order valence-electron chi connectivity index (χ1n) is 9.93. The minimum absolute atomic E-state index is 0.295. The zero-order valence-electron chi connectivity index (χ0n) is 17.0. The molecule has 0 atom stereocenters. The van der Waals surface area contributed by atoms with Crippen molar-refractivity contribution in [3.8, 4) is 0 Å². The summed E-state index contributed by atoms with van der Waals surface area (Å²) in [5, 5.41) is 2.89. The summed E-state index contributed by atoms with van der Waals surface area (Å²) < 4.78 is 14.0. The van der Waals surface area contributed by atoms with Crippen molar-refractivity contribution >= 4 is 56.1 Å². The van der Waals surface area contributed by atoms with Gasteiger partial charge in [-0.1, -0.05) is 17.8 Å². The molecule has 0 aliphatic heterocycles. The average Bonchev–Trinajstić information content (AvgIpc) is 3.18. The molecule has 0 aliphatic carbocycles. The number of rotatable bonds is 4. The molecule has 5 rings (SSSR count). The lowest BCUT2D eigenvalue weighted by atomic mass is 10.0. The normalized spacial score (nSPS) is 11.4. The number of benzene rings is 3. The number of anilines is 1. The molecule has 0 radical (unpaired) electrons. The minimum Gasteiger partial charge on any atom is -0.351 e. The summed E-state index contributed by atoms with van der Waals surface area (Å²) >= 11 is 1.39. The highest BCUT2D eigenvalue weighted by Crippen LogP contribution is 2.36. The van der Waals surface area contributed by atoms with Crippen LogP contribution in [0, 0.1) is 5.82 Å². The number of pyridine rings is 1. The topological polar surface area (TPSA) is 108 Å². The molecule has 0 bridgehead atoms. The molecule has 160 valence electrons. The van der Waals surface area contributed by atoms with E-state index in [2.05, 4.69) is 9.97 Å². The number of urea groups is 1. The van der Waals surface area contributed by atoms with Crippen LogP contribution in [-0.4, -0.2) is 27.5 Å². The van der Waals surface area contributed by atoms with E-state index in [1.807, 2.05) is 31.2 Å². The van der Waals surface area contributed by atoms with Crippen LogP contribution in [0.2, 0.25) is 0 Å². The summed E-state index contributed by atoms with van der Waals surface area (Å²) in [6.45, 7) is 2.31. The highest BCUT2D eigenvalue weighted by molar-refractivity contribution is 7.99. The van der Waals surface area contributed by atoms with Crippen molar-refractivity contribution in [2.24, 2.45) is 5.73 Å². The number of aromatic amines is 2. The van der Waals surface area contributed by atoms with Crippen LogP contribution in [0.25, 0.3) is 32.6 Å². The van der Waals surface area contributed by atoms with Gasteiger partial charge in [0.25, 0.3) is 5.56 Å². The molecule has 0 aliphatic rings. The van der Waals surface area contributed by atoms with E-state index in [1.165, 1.54) is 28.8 Å². The van der Waals surface area contributed by atoms with Crippen LogP contribution in [0.15, 0.2) is 69.6 Å². The zero-order valence-corrected chi connectivity index (χ0v) is 17.8. The molecule has 7 nitrogen and oxygen atoms in total. The highest BCUT2D eigenvalue weighted by atomic mass is 32.2. The molecule has 0 spiro atoms. The van der Waals surface area contributed by atoms with Crippen LogP contribution in [0.4, 0.5) is 14.9 Å². The van der Waals surface area contributed by atoms with Gasteiger partial charge in [0.05, 0.1) is 16.4 Å². The van der Waals surface area contributed by atoms with E-state index in [-0.39, 0.29) is 5.56 Å². The molecule has 9 heteroatoms. The van der Waals surface area contributed by atoms with E-state index in [0.29, 0.717) is 44.5 Å². The number of nitrogens with two attached hydrogens (primary N) is 1. The Labute approximate surface area is 185 Å². The van der Waals surface area contributed by atoms with E-state index in [9.17, 15) is 14.0 Å². The number of hydrogen-bond acceptors (Lipinski definition) is 4. The number of primary amides is 1. The number of halogens is 1. The maximum Gasteiger partial charge on any atom is 0.319 e. The number of imidazole rings is 1. The predicted octanol–water partition coefficient (Wildman–Crippen LogP) is 4.75. The Balaban J connectivity index is 1.67. The summed E-state index contributed by atoms with van der Waals surface area (Å²) in [7, 11) is 0. The second-order valence-corrected chi connectivity index (χ2v) is 8.30. The van der Waals surface area contributed by atoms with Crippen LogP contribution in [0.5, 0.6) is 0 Å². The quantitative estimate of drug-likeness (QED) is 0.345. The number of carbonyl (C=O) groups excluding carboxylic acids is 1. The van der Waals surface area contributed by atoms with Crippen molar-refractivity contribution in [2.45, 2.75) is 17.0 Å². The van der Waals surface area contributed by atoms with Crippen LogP contribution < -0.4 is 16.2 Å². The smallest absolute Gasteiger partial charge is 0.319 e. The molecular weight excluding hydrogens is 429 g/mol. The van der Waals surface area contributed by atoms with Gasteiger partial charge in [0.2, 0.25) is 0 Å². The molecular formula is C23H18FN5O2S. The second kappa shape index (κ2) is 7.69. The van der Waals surface area contributed by atoms with Gasteiger partial charge in [-0.3, -0.25) is 9.69 Å². The lowest BCUT2D eigenvalue weighted by molar-refractivity contribution is 0.254. The van der Waals surface area contributed by atoms with E-state index in [0.717, 1.165) is 10.4 Å².